The summed E-state index contributed by atoms with van der Waals surface area (Å²) in [6.07, 6.45) is 0. The van der Waals surface area contributed by atoms with Crippen LogP contribution in [-0.4, -0.2) is 11.8 Å². The summed E-state index contributed by atoms with van der Waals surface area (Å²) in [6, 6.07) is 3.58. The van der Waals surface area contributed by atoms with E-state index in [2.05, 4.69) is 0 Å². The van der Waals surface area contributed by atoms with Gasteiger partial charge in [0.1, 0.15) is 5.82 Å². The molecule has 0 aliphatic carbocycles. The van der Waals surface area contributed by atoms with Crippen molar-refractivity contribution in [3.8, 4) is 0 Å². The number of nitrogens with one attached hydrogen (secondary N) is 2. The molecule has 6 nitrogen and oxygen atoms in total. The van der Waals surface area contributed by atoms with E-state index in [1.165, 1.54) is 12.1 Å². The lowest BCUT2D eigenvalue weighted by molar-refractivity contribution is 0.0916. The molecular weight excluding hydrogens is 203 g/mol. The summed E-state index contributed by atoms with van der Waals surface area (Å²) in [5, 5.41) is 0. The first-order valence-corrected chi connectivity index (χ1v) is 3.92. The lowest BCUT2D eigenvalue weighted by Gasteiger charge is -2.07. The van der Waals surface area contributed by atoms with Crippen LogP contribution in [0.4, 0.5) is 4.39 Å². The Balaban J connectivity index is 3.32. The maximum atomic E-state index is 13.2. The molecule has 0 saturated carbocycles. The van der Waals surface area contributed by atoms with Gasteiger partial charge in [0, 0.05) is 0 Å². The van der Waals surface area contributed by atoms with Crippen molar-refractivity contribution in [1.29, 1.82) is 0 Å². The molecule has 0 aliphatic heterocycles. The van der Waals surface area contributed by atoms with Crippen LogP contribution < -0.4 is 22.5 Å². The van der Waals surface area contributed by atoms with Gasteiger partial charge in [0.05, 0.1) is 11.1 Å². The maximum absolute atomic E-state index is 13.2. The number of hydrazine groups is 2. The van der Waals surface area contributed by atoms with Crippen LogP contribution in [0.15, 0.2) is 18.2 Å². The molecule has 6 N–H and O–H groups in total. The Morgan fingerprint density at radius 3 is 2.27 bits per heavy atom. The van der Waals surface area contributed by atoms with Crippen molar-refractivity contribution >= 4 is 11.8 Å². The van der Waals surface area contributed by atoms with Crippen molar-refractivity contribution in [3.63, 3.8) is 0 Å². The highest BCUT2D eigenvalue weighted by Crippen LogP contribution is 2.13. The van der Waals surface area contributed by atoms with Crippen LogP contribution >= 0.6 is 0 Å². The van der Waals surface area contributed by atoms with Gasteiger partial charge < -0.3 is 0 Å². The summed E-state index contributed by atoms with van der Waals surface area (Å²) in [5.74, 6) is 7.22. The number of amides is 2. The summed E-state index contributed by atoms with van der Waals surface area (Å²) in [4.78, 5) is 22.4. The number of hydrogen-bond donors (Lipinski definition) is 4. The topological polar surface area (TPSA) is 110 Å². The maximum Gasteiger partial charge on any atom is 0.268 e. The van der Waals surface area contributed by atoms with Crippen molar-refractivity contribution < 1.29 is 14.0 Å². The number of carbonyl (C=O) groups is 2. The largest absolute Gasteiger partial charge is 0.290 e. The highest BCUT2D eigenvalue weighted by atomic mass is 19.1. The van der Waals surface area contributed by atoms with E-state index >= 15 is 0 Å². The molecule has 2 amide bonds. The Hall–Kier alpha value is -1.99. The number of rotatable bonds is 2. The second kappa shape index (κ2) is 4.49. The van der Waals surface area contributed by atoms with Gasteiger partial charge in [0.25, 0.3) is 11.8 Å². The van der Waals surface area contributed by atoms with Crippen LogP contribution in [0.25, 0.3) is 0 Å². The third kappa shape index (κ3) is 2.09. The summed E-state index contributed by atoms with van der Waals surface area (Å²) >= 11 is 0. The van der Waals surface area contributed by atoms with E-state index in [1.54, 1.807) is 10.9 Å². The Morgan fingerprint density at radius 1 is 1.13 bits per heavy atom. The minimum Gasteiger partial charge on any atom is -0.290 e. The zero-order chi connectivity index (χ0) is 11.4. The molecule has 1 aromatic carbocycles. The molecule has 0 unspecified atom stereocenters. The third-order valence-corrected chi connectivity index (χ3v) is 1.75. The van der Waals surface area contributed by atoms with Gasteiger partial charge in [-0.2, -0.15) is 0 Å². The van der Waals surface area contributed by atoms with E-state index in [9.17, 15) is 14.0 Å². The molecule has 0 spiro atoms. The predicted octanol–water partition coefficient (Wildman–Crippen LogP) is -0.967. The molecular formula is C8H9FN4O2. The first-order valence-electron chi connectivity index (χ1n) is 3.92. The molecule has 0 heterocycles. The Bertz CT molecular complexity index is 408. The minimum absolute atomic E-state index is 0.180. The van der Waals surface area contributed by atoms with Crippen LogP contribution in [0.1, 0.15) is 20.7 Å². The lowest BCUT2D eigenvalue weighted by atomic mass is 10.1. The summed E-state index contributed by atoms with van der Waals surface area (Å²) in [6.45, 7) is 0. The number of nitrogen functional groups attached to an aromatic ring is 2. The van der Waals surface area contributed by atoms with Gasteiger partial charge >= 0.3 is 0 Å². The summed E-state index contributed by atoms with van der Waals surface area (Å²) in [5.41, 5.74) is 2.92. The van der Waals surface area contributed by atoms with E-state index < -0.39 is 23.2 Å². The van der Waals surface area contributed by atoms with Gasteiger partial charge in [-0.15, -0.1) is 0 Å². The monoisotopic (exact) mass is 212 g/mol. The van der Waals surface area contributed by atoms with Gasteiger partial charge in [-0.3, -0.25) is 20.4 Å². The predicted molar refractivity (Wildman–Crippen MR) is 49.7 cm³/mol. The third-order valence-electron chi connectivity index (χ3n) is 1.75. The first-order chi connectivity index (χ1) is 7.11. The lowest BCUT2D eigenvalue weighted by Crippen LogP contribution is -2.36. The fourth-order valence-electron chi connectivity index (χ4n) is 1.09. The standard InChI is InChI=1S/C8H9FN4O2/c9-5-3-1-2-4(7(14)12-10)6(5)8(15)13-11/h1-3H,10-11H2,(H,12,14)(H,13,15). The van der Waals surface area contributed by atoms with Crippen molar-refractivity contribution in [2.24, 2.45) is 11.7 Å². The van der Waals surface area contributed by atoms with Crippen LogP contribution in [0, 0.1) is 5.82 Å². The summed E-state index contributed by atoms with van der Waals surface area (Å²) < 4.78 is 13.2. The molecule has 0 atom stereocenters. The number of carbonyl (C=O) groups excluding carboxylic acids is 2. The second-order valence-corrected chi connectivity index (χ2v) is 2.61. The molecule has 0 aliphatic rings. The van der Waals surface area contributed by atoms with E-state index in [0.717, 1.165) is 6.07 Å². The SMILES string of the molecule is NNC(=O)c1cccc(F)c1C(=O)NN. The second-order valence-electron chi connectivity index (χ2n) is 2.61. The molecule has 80 valence electrons. The van der Waals surface area contributed by atoms with E-state index in [1.807, 2.05) is 0 Å². The van der Waals surface area contributed by atoms with E-state index in [4.69, 9.17) is 11.7 Å². The van der Waals surface area contributed by atoms with Gasteiger partial charge in [0.15, 0.2) is 0 Å². The molecule has 0 aromatic heterocycles. The smallest absolute Gasteiger partial charge is 0.268 e. The molecule has 1 rings (SSSR count). The fraction of sp³-hybridized carbons (Fsp3) is 0. The van der Waals surface area contributed by atoms with Crippen molar-refractivity contribution in [2.45, 2.75) is 0 Å². The molecule has 1 aromatic rings. The molecule has 0 radical (unpaired) electrons. The molecule has 7 heteroatoms. The molecule has 0 fully saturated rings. The Morgan fingerprint density at radius 2 is 1.73 bits per heavy atom. The van der Waals surface area contributed by atoms with Crippen molar-refractivity contribution in [3.05, 3.63) is 35.1 Å². The van der Waals surface area contributed by atoms with Crippen LogP contribution in [0.2, 0.25) is 0 Å². The van der Waals surface area contributed by atoms with Crippen LogP contribution in [0.5, 0.6) is 0 Å². The van der Waals surface area contributed by atoms with Gasteiger partial charge in [-0.1, -0.05) is 6.07 Å². The van der Waals surface area contributed by atoms with Gasteiger partial charge in [0.2, 0.25) is 0 Å². The van der Waals surface area contributed by atoms with E-state index in [-0.39, 0.29) is 5.56 Å². The molecule has 0 bridgehead atoms. The highest BCUT2D eigenvalue weighted by Gasteiger charge is 2.19. The van der Waals surface area contributed by atoms with Crippen LogP contribution in [-0.2, 0) is 0 Å². The zero-order valence-electron chi connectivity index (χ0n) is 7.58. The highest BCUT2D eigenvalue weighted by molar-refractivity contribution is 6.07. The quantitative estimate of drug-likeness (QED) is 0.287. The first kappa shape index (κ1) is 11.1. The number of nitrogens with two attached hydrogens (primary N) is 2. The summed E-state index contributed by atoms with van der Waals surface area (Å²) in [7, 11) is 0. The zero-order valence-corrected chi connectivity index (χ0v) is 7.58. The van der Waals surface area contributed by atoms with Gasteiger partial charge in [-0.05, 0) is 12.1 Å². The number of halogens is 1. The van der Waals surface area contributed by atoms with Crippen molar-refractivity contribution in [1.82, 2.24) is 10.9 Å². The number of hydrogen-bond acceptors (Lipinski definition) is 4. The fourth-order valence-corrected chi connectivity index (χ4v) is 1.09. The average Bonchev–Trinajstić information content (AvgIpc) is 2.26. The minimum atomic E-state index is -0.897. The Labute approximate surface area is 84.4 Å². The van der Waals surface area contributed by atoms with E-state index in [0.29, 0.717) is 0 Å². The van der Waals surface area contributed by atoms with Crippen LogP contribution in [0.3, 0.4) is 0 Å². The van der Waals surface area contributed by atoms with Crippen molar-refractivity contribution in [2.75, 3.05) is 0 Å². The Kier molecular flexibility index (Phi) is 3.32. The number of benzene rings is 1. The molecule has 0 saturated heterocycles. The normalized spacial score (nSPS) is 9.53. The van der Waals surface area contributed by atoms with Gasteiger partial charge in [-0.25, -0.2) is 16.1 Å². The average molecular weight is 212 g/mol. The molecule has 15 heavy (non-hydrogen) atoms.